The van der Waals surface area contributed by atoms with Crippen LogP contribution in [-0.4, -0.2) is 44.3 Å². The fraction of sp³-hybridized carbons (Fsp3) is 0.312. The highest BCUT2D eigenvalue weighted by Gasteiger charge is 2.28. The molecule has 3 rings (SSSR count). The lowest BCUT2D eigenvalue weighted by Gasteiger charge is -2.11. The second kappa shape index (κ2) is 6.67. The van der Waals surface area contributed by atoms with Crippen molar-refractivity contribution in [2.75, 3.05) is 18.1 Å². The lowest BCUT2D eigenvalue weighted by atomic mass is 10.2. The number of fused-ring (bicyclic) bond motifs is 1. The molecule has 1 aliphatic heterocycles. The third-order valence-corrected chi connectivity index (χ3v) is 5.66. The van der Waals surface area contributed by atoms with Gasteiger partial charge in [-0.05, 0) is 18.6 Å². The van der Waals surface area contributed by atoms with E-state index in [4.69, 9.17) is 4.42 Å². The maximum absolute atomic E-state index is 12.1. The summed E-state index contributed by atoms with van der Waals surface area (Å²) in [6, 6.07) is 7.72. The van der Waals surface area contributed by atoms with Gasteiger partial charge in [0.25, 0.3) is 5.91 Å². The van der Waals surface area contributed by atoms with Gasteiger partial charge in [-0.1, -0.05) is 18.2 Å². The van der Waals surface area contributed by atoms with Gasteiger partial charge in [0.05, 0.1) is 18.1 Å². The van der Waals surface area contributed by atoms with Crippen LogP contribution in [0.1, 0.15) is 16.8 Å². The second-order valence-electron chi connectivity index (χ2n) is 5.84. The Kier molecular flexibility index (Phi) is 4.58. The molecule has 132 valence electrons. The fourth-order valence-electron chi connectivity index (χ4n) is 2.66. The molecule has 1 atom stereocenters. The summed E-state index contributed by atoms with van der Waals surface area (Å²) in [5.74, 6) is -1.29. The predicted molar refractivity (Wildman–Crippen MR) is 90.0 cm³/mol. The van der Waals surface area contributed by atoms with Crippen LogP contribution in [0, 0.1) is 0 Å². The first-order chi connectivity index (χ1) is 11.8. The molecule has 1 unspecified atom stereocenters. The number of carbonyl (C=O) groups is 2. The number of carbonyl (C=O) groups excluding carboxylic acids is 2. The third kappa shape index (κ3) is 4.05. The second-order valence-corrected chi connectivity index (χ2v) is 8.06. The first-order valence-electron chi connectivity index (χ1n) is 7.65. The summed E-state index contributed by atoms with van der Waals surface area (Å²) in [6.45, 7) is -0.359. The van der Waals surface area contributed by atoms with E-state index in [1.807, 2.05) is 0 Å². The topological polar surface area (TPSA) is 123 Å². The number of rotatable bonds is 4. The maximum atomic E-state index is 12.1. The molecule has 1 aliphatic rings. The zero-order valence-corrected chi connectivity index (χ0v) is 14.0. The Labute approximate surface area is 143 Å². The fourth-order valence-corrected chi connectivity index (χ4v) is 4.34. The molecule has 2 amide bonds. The monoisotopic (exact) mass is 364 g/mol. The first-order valence-corrected chi connectivity index (χ1v) is 9.47. The number of hydrogen-bond donors (Lipinski definition) is 2. The van der Waals surface area contributed by atoms with Crippen LogP contribution >= 0.6 is 0 Å². The Bertz CT molecular complexity index is 995. The molecule has 9 heteroatoms. The van der Waals surface area contributed by atoms with Crippen LogP contribution in [0.4, 0.5) is 0 Å². The molecule has 25 heavy (non-hydrogen) atoms. The van der Waals surface area contributed by atoms with Gasteiger partial charge in [-0.15, -0.1) is 0 Å². The van der Waals surface area contributed by atoms with E-state index in [-0.39, 0.29) is 23.6 Å². The van der Waals surface area contributed by atoms with Crippen molar-refractivity contribution in [3.8, 4) is 0 Å². The van der Waals surface area contributed by atoms with Crippen LogP contribution < -0.4 is 16.3 Å². The molecule has 0 saturated carbocycles. The molecule has 1 aromatic heterocycles. The highest BCUT2D eigenvalue weighted by molar-refractivity contribution is 7.91. The highest BCUT2D eigenvalue weighted by Crippen LogP contribution is 2.13. The van der Waals surface area contributed by atoms with Crippen LogP contribution in [0.5, 0.6) is 0 Å². The zero-order valence-electron chi connectivity index (χ0n) is 13.2. The molecule has 0 spiro atoms. The van der Waals surface area contributed by atoms with Crippen LogP contribution in [0.2, 0.25) is 0 Å². The summed E-state index contributed by atoms with van der Waals surface area (Å²) in [6.07, 6.45) is 0.357. The molecule has 1 aromatic carbocycles. The minimum absolute atomic E-state index is 0.0441. The van der Waals surface area contributed by atoms with Gasteiger partial charge >= 0.3 is 5.63 Å². The van der Waals surface area contributed by atoms with E-state index in [2.05, 4.69) is 10.6 Å². The molecule has 1 saturated heterocycles. The Morgan fingerprint density at radius 2 is 2.00 bits per heavy atom. The smallest absolute Gasteiger partial charge is 0.349 e. The van der Waals surface area contributed by atoms with E-state index < -0.39 is 33.3 Å². The largest absolute Gasteiger partial charge is 0.422 e. The average molecular weight is 364 g/mol. The third-order valence-electron chi connectivity index (χ3n) is 3.89. The predicted octanol–water partition coefficient (Wildman–Crippen LogP) is -0.174. The van der Waals surface area contributed by atoms with Crippen LogP contribution in [0.3, 0.4) is 0 Å². The van der Waals surface area contributed by atoms with Gasteiger partial charge in [0, 0.05) is 11.4 Å². The van der Waals surface area contributed by atoms with Gasteiger partial charge in [0.2, 0.25) is 5.91 Å². The number of hydrogen-bond acceptors (Lipinski definition) is 6. The zero-order chi connectivity index (χ0) is 18.0. The molecule has 2 heterocycles. The molecule has 0 aliphatic carbocycles. The summed E-state index contributed by atoms with van der Waals surface area (Å²) in [4.78, 5) is 35.8. The molecule has 0 radical (unpaired) electrons. The molecule has 1 fully saturated rings. The van der Waals surface area contributed by atoms with Crippen molar-refractivity contribution in [2.45, 2.75) is 12.5 Å². The van der Waals surface area contributed by atoms with Gasteiger partial charge < -0.3 is 15.1 Å². The number of para-hydroxylation sites is 1. The van der Waals surface area contributed by atoms with Crippen molar-refractivity contribution in [3.63, 3.8) is 0 Å². The maximum Gasteiger partial charge on any atom is 0.349 e. The minimum Gasteiger partial charge on any atom is -0.422 e. The highest BCUT2D eigenvalue weighted by atomic mass is 32.2. The number of amides is 2. The Morgan fingerprint density at radius 1 is 1.24 bits per heavy atom. The molecular weight excluding hydrogens is 348 g/mol. The minimum atomic E-state index is -3.10. The van der Waals surface area contributed by atoms with Gasteiger partial charge in [-0.25, -0.2) is 13.2 Å². The molecule has 2 aromatic rings. The van der Waals surface area contributed by atoms with Crippen LogP contribution in [0.25, 0.3) is 11.0 Å². The Balaban J connectivity index is 1.62. The van der Waals surface area contributed by atoms with Crippen molar-refractivity contribution in [1.82, 2.24) is 10.6 Å². The van der Waals surface area contributed by atoms with E-state index >= 15 is 0 Å². The summed E-state index contributed by atoms with van der Waals surface area (Å²) in [5, 5.41) is 5.48. The Hall–Kier alpha value is -2.68. The average Bonchev–Trinajstić information content (AvgIpc) is 2.90. The van der Waals surface area contributed by atoms with E-state index in [1.54, 1.807) is 24.3 Å². The summed E-state index contributed by atoms with van der Waals surface area (Å²) >= 11 is 0. The van der Waals surface area contributed by atoms with E-state index in [1.165, 1.54) is 6.07 Å². The molecule has 0 bridgehead atoms. The van der Waals surface area contributed by atoms with Gasteiger partial charge in [-0.2, -0.15) is 0 Å². The lowest BCUT2D eigenvalue weighted by molar-refractivity contribution is -0.120. The summed E-state index contributed by atoms with van der Waals surface area (Å²) in [7, 11) is -3.10. The Morgan fingerprint density at radius 3 is 2.72 bits per heavy atom. The van der Waals surface area contributed by atoms with Crippen molar-refractivity contribution < 1.29 is 22.4 Å². The number of nitrogens with one attached hydrogen (secondary N) is 2. The van der Waals surface area contributed by atoms with Gasteiger partial charge in [-0.3, -0.25) is 9.59 Å². The van der Waals surface area contributed by atoms with Crippen molar-refractivity contribution in [1.29, 1.82) is 0 Å². The molecular formula is C16H16N2O6S. The van der Waals surface area contributed by atoms with Crippen LogP contribution in [0.15, 0.2) is 39.5 Å². The number of benzene rings is 1. The van der Waals surface area contributed by atoms with Crippen molar-refractivity contribution >= 4 is 32.6 Å². The van der Waals surface area contributed by atoms with Crippen molar-refractivity contribution in [3.05, 3.63) is 46.3 Å². The van der Waals surface area contributed by atoms with E-state index in [0.717, 1.165) is 0 Å². The van der Waals surface area contributed by atoms with E-state index in [9.17, 15) is 22.8 Å². The lowest BCUT2D eigenvalue weighted by Crippen LogP contribution is -2.43. The van der Waals surface area contributed by atoms with E-state index in [0.29, 0.717) is 17.4 Å². The first kappa shape index (κ1) is 17.2. The van der Waals surface area contributed by atoms with Gasteiger partial charge in [0.1, 0.15) is 11.1 Å². The van der Waals surface area contributed by atoms with Gasteiger partial charge in [0.15, 0.2) is 9.84 Å². The normalized spacial score (nSPS) is 18.8. The summed E-state index contributed by atoms with van der Waals surface area (Å²) < 4.78 is 27.8. The molecule has 2 N–H and O–H groups in total. The number of sulfone groups is 1. The quantitative estimate of drug-likeness (QED) is 0.726. The summed E-state index contributed by atoms with van der Waals surface area (Å²) in [5.41, 5.74) is -0.627. The van der Waals surface area contributed by atoms with Crippen LogP contribution in [-0.2, 0) is 14.6 Å². The van der Waals surface area contributed by atoms with Crippen molar-refractivity contribution in [2.24, 2.45) is 0 Å². The standard InChI is InChI=1S/C16H16N2O6S/c19-14(18-11-5-6-25(22,23)9-11)8-17-15(20)12-7-10-3-1-2-4-13(10)24-16(12)21/h1-4,7,11H,5-6,8-9H2,(H,17,20)(H,18,19). The molecule has 8 nitrogen and oxygen atoms in total. The SMILES string of the molecule is O=C(CNC(=O)c1cc2ccccc2oc1=O)NC1CCS(=O)(=O)C1.